The van der Waals surface area contributed by atoms with Crippen LogP contribution in [0, 0.1) is 18.6 Å². The van der Waals surface area contributed by atoms with Crippen LogP contribution in [-0.4, -0.2) is 85.3 Å². The van der Waals surface area contributed by atoms with E-state index >= 15 is 0 Å². The standard InChI is InChI=1S/C34H44F2N4O5S/c1-6-11-39(12-7-2)33(42)26-13-23(3)14-27(19-26)34(43)40(21-24-9-8-10-30(17-24)46(44,45)38(4)5)22-32(41)31(37)18-25-15-28(35)20-29(36)16-25/h8-10,13-17,19-20,31-32,41H,6-7,11-12,18,21-22,37H2,1-5H3. The monoisotopic (exact) mass is 658 g/mol. The van der Waals surface area contributed by atoms with E-state index in [2.05, 4.69) is 0 Å². The highest BCUT2D eigenvalue weighted by atomic mass is 32.2. The molecule has 2 unspecified atom stereocenters. The van der Waals surface area contributed by atoms with Crippen LogP contribution in [0.1, 0.15) is 64.1 Å². The van der Waals surface area contributed by atoms with E-state index in [0.717, 1.165) is 35.3 Å². The van der Waals surface area contributed by atoms with E-state index in [1.54, 1.807) is 36.1 Å². The predicted molar refractivity (Wildman–Crippen MR) is 174 cm³/mol. The predicted octanol–water partition coefficient (Wildman–Crippen LogP) is 4.36. The average Bonchev–Trinajstić information content (AvgIpc) is 2.99. The quantitative estimate of drug-likeness (QED) is 0.250. The maximum atomic E-state index is 14.1. The van der Waals surface area contributed by atoms with Crippen LogP contribution in [0.15, 0.2) is 65.6 Å². The third kappa shape index (κ3) is 9.65. The lowest BCUT2D eigenvalue weighted by Gasteiger charge is -2.29. The van der Waals surface area contributed by atoms with Gasteiger partial charge in [0, 0.05) is 63.5 Å². The number of sulfonamides is 1. The summed E-state index contributed by atoms with van der Waals surface area (Å²) in [4.78, 5) is 30.6. The van der Waals surface area contributed by atoms with Gasteiger partial charge >= 0.3 is 0 Å². The molecule has 3 rings (SSSR count). The molecule has 0 saturated carbocycles. The molecule has 0 bridgehead atoms. The normalized spacial score (nSPS) is 13.0. The Kier molecular flexibility index (Phi) is 13.0. The van der Waals surface area contributed by atoms with E-state index in [4.69, 9.17) is 5.73 Å². The Bertz CT molecular complexity index is 1610. The van der Waals surface area contributed by atoms with Crippen molar-refractivity contribution in [3.63, 3.8) is 0 Å². The summed E-state index contributed by atoms with van der Waals surface area (Å²) in [5, 5.41) is 11.1. The molecule has 0 saturated heterocycles. The Morgan fingerprint density at radius 1 is 0.848 bits per heavy atom. The molecule has 0 spiro atoms. The van der Waals surface area contributed by atoms with E-state index in [0.29, 0.717) is 29.8 Å². The molecule has 0 aliphatic heterocycles. The molecule has 0 fully saturated rings. The zero-order valence-electron chi connectivity index (χ0n) is 27.0. The smallest absolute Gasteiger partial charge is 0.254 e. The van der Waals surface area contributed by atoms with Gasteiger partial charge in [0.25, 0.3) is 11.8 Å². The summed E-state index contributed by atoms with van der Waals surface area (Å²) in [5.74, 6) is -2.26. The number of aliphatic hydroxyl groups excluding tert-OH is 1. The number of hydrogen-bond donors (Lipinski definition) is 2. The molecule has 0 heterocycles. The molecule has 3 N–H and O–H groups in total. The molecule has 3 aromatic carbocycles. The third-order valence-electron chi connectivity index (χ3n) is 7.48. The van der Waals surface area contributed by atoms with Crippen molar-refractivity contribution in [3.8, 4) is 0 Å². The first-order valence-electron chi connectivity index (χ1n) is 15.3. The fraction of sp³-hybridized carbons (Fsp3) is 0.412. The number of amides is 2. The van der Waals surface area contributed by atoms with Crippen molar-refractivity contribution >= 4 is 21.8 Å². The molecule has 46 heavy (non-hydrogen) atoms. The van der Waals surface area contributed by atoms with Crippen molar-refractivity contribution in [1.82, 2.24) is 14.1 Å². The first kappa shape index (κ1) is 36.8. The fourth-order valence-electron chi connectivity index (χ4n) is 5.20. The summed E-state index contributed by atoms with van der Waals surface area (Å²) in [6, 6.07) is 13.0. The van der Waals surface area contributed by atoms with Crippen LogP contribution in [0.25, 0.3) is 0 Å². The lowest BCUT2D eigenvalue weighted by molar-refractivity contribution is 0.0554. The molecule has 0 radical (unpaired) electrons. The molecule has 12 heteroatoms. The lowest BCUT2D eigenvalue weighted by atomic mass is 10.00. The minimum absolute atomic E-state index is 0.0307. The van der Waals surface area contributed by atoms with Gasteiger partial charge in [-0.25, -0.2) is 21.5 Å². The van der Waals surface area contributed by atoms with E-state index in [9.17, 15) is 31.9 Å². The molecule has 2 amide bonds. The molecular weight excluding hydrogens is 614 g/mol. The largest absolute Gasteiger partial charge is 0.390 e. The number of nitrogens with two attached hydrogens (primary N) is 1. The van der Waals surface area contributed by atoms with Crippen molar-refractivity contribution < 1.29 is 31.9 Å². The number of benzene rings is 3. The third-order valence-corrected chi connectivity index (χ3v) is 9.29. The molecule has 2 atom stereocenters. The minimum Gasteiger partial charge on any atom is -0.390 e. The number of carbonyl (C=O) groups excluding carboxylic acids is 2. The van der Waals surface area contributed by atoms with Crippen LogP contribution in [0.2, 0.25) is 0 Å². The van der Waals surface area contributed by atoms with Crippen LogP contribution in [0.3, 0.4) is 0 Å². The Balaban J connectivity index is 1.99. The highest BCUT2D eigenvalue weighted by Crippen LogP contribution is 2.21. The molecule has 3 aromatic rings. The first-order valence-corrected chi connectivity index (χ1v) is 16.7. The van der Waals surface area contributed by atoms with Crippen LogP contribution in [0.5, 0.6) is 0 Å². The highest BCUT2D eigenvalue weighted by molar-refractivity contribution is 7.89. The van der Waals surface area contributed by atoms with Gasteiger partial charge in [0.2, 0.25) is 10.0 Å². The number of aryl methyl sites for hydroxylation is 1. The van der Waals surface area contributed by atoms with Gasteiger partial charge < -0.3 is 20.6 Å². The molecule has 0 aromatic heterocycles. The van der Waals surface area contributed by atoms with E-state index in [1.165, 1.54) is 37.2 Å². The number of rotatable bonds is 15. The van der Waals surface area contributed by atoms with Crippen LogP contribution in [-0.2, 0) is 23.0 Å². The molecule has 0 aliphatic carbocycles. The second-order valence-electron chi connectivity index (χ2n) is 11.7. The molecule has 9 nitrogen and oxygen atoms in total. The Labute approximate surface area is 270 Å². The van der Waals surface area contributed by atoms with Gasteiger partial charge in [-0.1, -0.05) is 26.0 Å². The Morgan fingerprint density at radius 3 is 1.96 bits per heavy atom. The van der Waals surface area contributed by atoms with Gasteiger partial charge in [-0.05, 0) is 85.3 Å². The zero-order chi connectivity index (χ0) is 34.2. The summed E-state index contributed by atoms with van der Waals surface area (Å²) in [7, 11) is -0.936. The number of carbonyl (C=O) groups is 2. The van der Waals surface area contributed by atoms with E-state index in [-0.39, 0.29) is 41.4 Å². The van der Waals surface area contributed by atoms with Gasteiger partial charge in [0.05, 0.1) is 11.0 Å². The van der Waals surface area contributed by atoms with E-state index < -0.39 is 39.7 Å². The minimum atomic E-state index is -3.77. The van der Waals surface area contributed by atoms with Gasteiger partial charge in [-0.3, -0.25) is 9.59 Å². The second-order valence-corrected chi connectivity index (χ2v) is 13.9. The summed E-state index contributed by atoms with van der Waals surface area (Å²) in [5.41, 5.74) is 8.23. The van der Waals surface area contributed by atoms with Crippen molar-refractivity contribution in [2.45, 2.75) is 63.6 Å². The Morgan fingerprint density at radius 2 is 1.41 bits per heavy atom. The SMILES string of the molecule is CCCN(CCC)C(=O)c1cc(C)cc(C(=O)N(Cc2cccc(S(=O)(=O)N(C)C)c2)CC(O)C(N)Cc2cc(F)cc(F)c2)c1. The average molecular weight is 659 g/mol. The zero-order valence-corrected chi connectivity index (χ0v) is 27.9. The second kappa shape index (κ2) is 16.2. The number of nitrogens with zero attached hydrogens (tertiary/aromatic N) is 3. The molecule has 0 aliphatic rings. The van der Waals surface area contributed by atoms with Gasteiger partial charge in [0.15, 0.2) is 0 Å². The highest BCUT2D eigenvalue weighted by Gasteiger charge is 2.26. The summed E-state index contributed by atoms with van der Waals surface area (Å²) >= 11 is 0. The summed E-state index contributed by atoms with van der Waals surface area (Å²) in [6.45, 7) is 6.51. The topological polar surface area (TPSA) is 124 Å². The molecule has 250 valence electrons. The van der Waals surface area contributed by atoms with Crippen molar-refractivity contribution in [3.05, 3.63) is 100 Å². The van der Waals surface area contributed by atoms with Gasteiger partial charge in [-0.2, -0.15) is 0 Å². The summed E-state index contributed by atoms with van der Waals surface area (Å²) in [6.07, 6.45) is 0.169. The molecular formula is C34H44F2N4O5S. The number of halogens is 2. The van der Waals surface area contributed by atoms with Crippen molar-refractivity contribution in [1.29, 1.82) is 0 Å². The van der Waals surface area contributed by atoms with Crippen LogP contribution < -0.4 is 5.73 Å². The van der Waals surface area contributed by atoms with E-state index in [1.807, 2.05) is 13.8 Å². The first-order chi connectivity index (χ1) is 21.7. The van der Waals surface area contributed by atoms with Crippen LogP contribution >= 0.6 is 0 Å². The number of hydrogen-bond acceptors (Lipinski definition) is 6. The van der Waals surface area contributed by atoms with Crippen LogP contribution in [0.4, 0.5) is 8.78 Å². The maximum Gasteiger partial charge on any atom is 0.254 e. The number of aliphatic hydroxyl groups is 1. The maximum absolute atomic E-state index is 14.1. The summed E-state index contributed by atoms with van der Waals surface area (Å²) < 4.78 is 54.2. The Hall–Kier alpha value is -3.71. The van der Waals surface area contributed by atoms with Gasteiger partial charge in [0.1, 0.15) is 11.6 Å². The van der Waals surface area contributed by atoms with Crippen molar-refractivity contribution in [2.75, 3.05) is 33.7 Å². The van der Waals surface area contributed by atoms with Crippen molar-refractivity contribution in [2.24, 2.45) is 5.73 Å². The fourth-order valence-corrected chi connectivity index (χ4v) is 6.18. The lowest BCUT2D eigenvalue weighted by Crippen LogP contribution is -2.46. The van der Waals surface area contributed by atoms with Gasteiger partial charge in [-0.15, -0.1) is 0 Å².